The molecule has 0 atom stereocenters. The fourth-order valence-corrected chi connectivity index (χ4v) is 4.05. The number of hydrogen-bond acceptors (Lipinski definition) is 6. The van der Waals surface area contributed by atoms with Gasteiger partial charge >= 0.3 is 0 Å². The average molecular weight is 412 g/mol. The number of nitrogens with zero attached hydrogens (tertiary/aromatic N) is 3. The predicted octanol–water partition coefficient (Wildman–Crippen LogP) is 4.76. The molecule has 152 valence electrons. The number of allylic oxidation sites excluding steroid dienone is 1. The number of hydrogen-bond donors (Lipinski definition) is 0. The van der Waals surface area contributed by atoms with E-state index in [0.717, 1.165) is 22.3 Å². The molecule has 2 aromatic carbocycles. The highest BCUT2D eigenvalue weighted by molar-refractivity contribution is 7.98. The number of ether oxygens (including phenoxy) is 3. The van der Waals surface area contributed by atoms with Gasteiger partial charge in [-0.05, 0) is 30.2 Å². The van der Waals surface area contributed by atoms with E-state index in [2.05, 4.69) is 41.9 Å². The maximum absolute atomic E-state index is 5.48. The van der Waals surface area contributed by atoms with E-state index in [4.69, 9.17) is 14.2 Å². The van der Waals surface area contributed by atoms with Gasteiger partial charge in [0.15, 0.2) is 22.5 Å². The van der Waals surface area contributed by atoms with Gasteiger partial charge in [0.25, 0.3) is 0 Å². The Bertz CT molecular complexity index is 976. The lowest BCUT2D eigenvalue weighted by Gasteiger charge is -2.14. The van der Waals surface area contributed by atoms with Gasteiger partial charge in [-0.25, -0.2) is 0 Å². The number of aromatic nitrogens is 3. The Morgan fingerprint density at radius 1 is 1.03 bits per heavy atom. The maximum atomic E-state index is 5.48. The zero-order valence-corrected chi connectivity index (χ0v) is 18.0. The monoisotopic (exact) mass is 411 g/mol. The number of benzene rings is 2. The molecule has 0 saturated carbocycles. The smallest absolute Gasteiger partial charge is 0.203 e. The lowest BCUT2D eigenvalue weighted by atomic mass is 10.1. The van der Waals surface area contributed by atoms with Crippen LogP contribution in [0.25, 0.3) is 11.4 Å². The van der Waals surface area contributed by atoms with E-state index in [1.807, 2.05) is 28.8 Å². The van der Waals surface area contributed by atoms with E-state index in [0.29, 0.717) is 23.8 Å². The van der Waals surface area contributed by atoms with Crippen LogP contribution in [0.5, 0.6) is 17.2 Å². The molecule has 3 rings (SSSR count). The molecular formula is C22H25N3O3S. The van der Waals surface area contributed by atoms with Crippen molar-refractivity contribution in [3.05, 3.63) is 60.2 Å². The van der Waals surface area contributed by atoms with Crippen LogP contribution < -0.4 is 14.2 Å². The standard InChI is InChI=1S/C22H25N3O3S/c1-6-11-25-21(17-12-18(26-3)20(28-5)19(13-17)27-4)23-24-22(25)29-14-16-10-8-7-9-15(16)2/h6-10,12-13H,1,11,14H2,2-5H3. The van der Waals surface area contributed by atoms with Crippen LogP contribution >= 0.6 is 11.8 Å². The second-order valence-corrected chi connectivity index (χ2v) is 7.28. The summed E-state index contributed by atoms with van der Waals surface area (Å²) in [6, 6.07) is 12.1. The minimum absolute atomic E-state index is 0.544. The summed E-state index contributed by atoms with van der Waals surface area (Å²) in [7, 11) is 4.78. The van der Waals surface area contributed by atoms with Crippen molar-refractivity contribution in [1.29, 1.82) is 0 Å². The summed E-state index contributed by atoms with van der Waals surface area (Å²) in [4.78, 5) is 0. The fraction of sp³-hybridized carbons (Fsp3) is 0.273. The first-order valence-corrected chi connectivity index (χ1v) is 10.1. The normalized spacial score (nSPS) is 10.6. The topological polar surface area (TPSA) is 58.4 Å². The fourth-order valence-electron chi connectivity index (χ4n) is 3.03. The summed E-state index contributed by atoms with van der Waals surface area (Å²) < 4.78 is 18.4. The number of aryl methyl sites for hydroxylation is 1. The molecule has 0 spiro atoms. The Balaban J connectivity index is 1.98. The molecule has 6 nitrogen and oxygen atoms in total. The second-order valence-electron chi connectivity index (χ2n) is 6.33. The van der Waals surface area contributed by atoms with E-state index < -0.39 is 0 Å². The van der Waals surface area contributed by atoms with Crippen LogP contribution in [-0.2, 0) is 12.3 Å². The van der Waals surface area contributed by atoms with E-state index in [1.54, 1.807) is 33.1 Å². The Hall–Kier alpha value is -2.93. The summed E-state index contributed by atoms with van der Waals surface area (Å²) >= 11 is 1.65. The van der Waals surface area contributed by atoms with Crippen LogP contribution in [-0.4, -0.2) is 36.1 Å². The lowest BCUT2D eigenvalue weighted by Crippen LogP contribution is -2.02. The Morgan fingerprint density at radius 3 is 2.31 bits per heavy atom. The molecule has 1 aromatic heterocycles. The molecule has 0 aliphatic rings. The number of thioether (sulfide) groups is 1. The van der Waals surface area contributed by atoms with Crippen molar-refractivity contribution in [1.82, 2.24) is 14.8 Å². The lowest BCUT2D eigenvalue weighted by molar-refractivity contribution is 0.324. The molecule has 7 heteroatoms. The summed E-state index contributed by atoms with van der Waals surface area (Å²) in [6.07, 6.45) is 1.84. The van der Waals surface area contributed by atoms with E-state index in [-0.39, 0.29) is 0 Å². The summed E-state index contributed by atoms with van der Waals surface area (Å²) in [6.45, 7) is 6.59. The van der Waals surface area contributed by atoms with Crippen molar-refractivity contribution < 1.29 is 14.2 Å². The summed E-state index contributed by atoms with van der Waals surface area (Å²) in [5, 5.41) is 9.69. The molecular weight excluding hydrogens is 386 g/mol. The van der Waals surface area contributed by atoms with Crippen molar-refractivity contribution in [3.8, 4) is 28.6 Å². The van der Waals surface area contributed by atoms with Gasteiger partial charge in [-0.15, -0.1) is 16.8 Å². The van der Waals surface area contributed by atoms with E-state index >= 15 is 0 Å². The molecule has 0 radical (unpaired) electrons. The minimum atomic E-state index is 0.544. The van der Waals surface area contributed by atoms with Crippen molar-refractivity contribution in [2.75, 3.05) is 21.3 Å². The zero-order chi connectivity index (χ0) is 20.8. The average Bonchev–Trinajstić information content (AvgIpc) is 3.14. The first kappa shape index (κ1) is 20.8. The van der Waals surface area contributed by atoms with Gasteiger partial charge in [-0.2, -0.15) is 0 Å². The molecule has 29 heavy (non-hydrogen) atoms. The highest BCUT2D eigenvalue weighted by atomic mass is 32.2. The minimum Gasteiger partial charge on any atom is -0.493 e. The van der Waals surface area contributed by atoms with Gasteiger partial charge in [-0.1, -0.05) is 42.1 Å². The summed E-state index contributed by atoms with van der Waals surface area (Å²) in [5.74, 6) is 3.23. The van der Waals surface area contributed by atoms with Gasteiger partial charge in [0.2, 0.25) is 5.75 Å². The number of rotatable bonds is 9. The van der Waals surface area contributed by atoms with Crippen molar-refractivity contribution >= 4 is 11.8 Å². The van der Waals surface area contributed by atoms with E-state index in [9.17, 15) is 0 Å². The molecule has 0 fully saturated rings. The first-order valence-electron chi connectivity index (χ1n) is 9.14. The van der Waals surface area contributed by atoms with Gasteiger partial charge in [0, 0.05) is 17.9 Å². The van der Waals surface area contributed by atoms with Crippen LogP contribution in [0, 0.1) is 6.92 Å². The molecule has 0 saturated heterocycles. The third-order valence-corrected chi connectivity index (χ3v) is 5.59. The molecule has 0 aliphatic heterocycles. The quantitative estimate of drug-likeness (QED) is 0.374. The van der Waals surface area contributed by atoms with Crippen LogP contribution in [0.1, 0.15) is 11.1 Å². The molecule has 0 bridgehead atoms. The summed E-state index contributed by atoms with van der Waals surface area (Å²) in [5.41, 5.74) is 3.37. The molecule has 0 aliphatic carbocycles. The van der Waals surface area contributed by atoms with Crippen LogP contribution in [0.4, 0.5) is 0 Å². The third kappa shape index (κ3) is 4.40. The maximum Gasteiger partial charge on any atom is 0.203 e. The van der Waals surface area contributed by atoms with Crippen LogP contribution in [0.2, 0.25) is 0 Å². The second kappa shape index (κ2) is 9.52. The Labute approximate surface area is 175 Å². The van der Waals surface area contributed by atoms with E-state index in [1.165, 1.54) is 11.1 Å². The molecule has 1 heterocycles. The Morgan fingerprint density at radius 2 is 1.72 bits per heavy atom. The molecule has 0 unspecified atom stereocenters. The van der Waals surface area contributed by atoms with Gasteiger partial charge < -0.3 is 14.2 Å². The van der Waals surface area contributed by atoms with Gasteiger partial charge in [-0.3, -0.25) is 4.57 Å². The third-order valence-electron chi connectivity index (χ3n) is 4.57. The van der Waals surface area contributed by atoms with Gasteiger partial charge in [0.1, 0.15) is 0 Å². The largest absolute Gasteiger partial charge is 0.493 e. The highest BCUT2D eigenvalue weighted by Crippen LogP contribution is 2.41. The molecule has 0 amide bonds. The first-order chi connectivity index (χ1) is 14.1. The SMILES string of the molecule is C=CCn1c(SCc2ccccc2C)nnc1-c1cc(OC)c(OC)c(OC)c1. The van der Waals surface area contributed by atoms with Crippen LogP contribution in [0.3, 0.4) is 0 Å². The number of methoxy groups -OCH3 is 3. The zero-order valence-electron chi connectivity index (χ0n) is 17.1. The van der Waals surface area contributed by atoms with Gasteiger partial charge in [0.05, 0.1) is 21.3 Å². The van der Waals surface area contributed by atoms with Crippen LogP contribution in [0.15, 0.2) is 54.2 Å². The van der Waals surface area contributed by atoms with Crippen molar-refractivity contribution in [2.45, 2.75) is 24.4 Å². The highest BCUT2D eigenvalue weighted by Gasteiger charge is 2.19. The van der Waals surface area contributed by atoms with Crippen molar-refractivity contribution in [3.63, 3.8) is 0 Å². The molecule has 3 aromatic rings. The van der Waals surface area contributed by atoms with Crippen molar-refractivity contribution in [2.24, 2.45) is 0 Å². The Kier molecular flexibility index (Phi) is 6.82. The predicted molar refractivity (Wildman–Crippen MR) is 116 cm³/mol. The molecule has 0 N–H and O–H groups in total.